The van der Waals surface area contributed by atoms with E-state index >= 15 is 0 Å². The predicted molar refractivity (Wildman–Crippen MR) is 147 cm³/mol. The van der Waals surface area contributed by atoms with Crippen molar-refractivity contribution in [3.63, 3.8) is 0 Å². The van der Waals surface area contributed by atoms with Crippen molar-refractivity contribution in [3.05, 3.63) is 53.6 Å². The van der Waals surface area contributed by atoms with Gasteiger partial charge in [0.1, 0.15) is 18.1 Å². The van der Waals surface area contributed by atoms with E-state index in [9.17, 15) is 5.11 Å². The number of aliphatic hydroxyl groups is 1. The molecular formula is C30H44N2O5. The molecule has 2 aliphatic rings. The third-order valence-corrected chi connectivity index (χ3v) is 7.66. The summed E-state index contributed by atoms with van der Waals surface area (Å²) in [7, 11) is 3.44. The first-order valence-electron chi connectivity index (χ1n) is 13.6. The van der Waals surface area contributed by atoms with E-state index in [4.69, 9.17) is 18.9 Å². The summed E-state index contributed by atoms with van der Waals surface area (Å²) in [5.74, 6) is 2.28. The van der Waals surface area contributed by atoms with E-state index in [1.54, 1.807) is 14.2 Å². The molecule has 2 aromatic carbocycles. The lowest BCUT2D eigenvalue weighted by Crippen LogP contribution is -2.48. The highest BCUT2D eigenvalue weighted by atomic mass is 16.5. The molecule has 7 nitrogen and oxygen atoms in total. The van der Waals surface area contributed by atoms with Crippen molar-refractivity contribution in [2.45, 2.75) is 63.9 Å². The van der Waals surface area contributed by atoms with E-state index < -0.39 is 0 Å². The first-order chi connectivity index (χ1) is 18.0. The second-order valence-corrected chi connectivity index (χ2v) is 10.6. The molecular weight excluding hydrogens is 468 g/mol. The zero-order chi connectivity index (χ0) is 26.2. The standard InChI is InChI=1S/C30H44N2O5/c1-21(2)28(33)18-24-17-26(23-7-9-25(35-4)10-8-23)30(19-31-24)37-20-22-6-11-29-27(16-22)32(13-15-36-29)12-5-14-34-3/h6-11,16,21,24,26,28,30-31,33H,5,12-15,17-20H2,1-4H3/t24-,26-,28+,30+/m1/s1. The highest BCUT2D eigenvalue weighted by Gasteiger charge is 2.33. The molecule has 0 unspecified atom stereocenters. The summed E-state index contributed by atoms with van der Waals surface area (Å²) in [5, 5.41) is 14.1. The monoisotopic (exact) mass is 512 g/mol. The SMILES string of the molecule is COCCCN1CCOc2ccc(CO[C@H]3CN[C@@H](C[C@H](O)C(C)C)C[C@@H]3c3ccc(OC)cc3)cc21. The van der Waals surface area contributed by atoms with Gasteiger partial charge in [-0.2, -0.15) is 0 Å². The predicted octanol–water partition coefficient (Wildman–Crippen LogP) is 4.37. The van der Waals surface area contributed by atoms with Crippen LogP contribution < -0.4 is 19.7 Å². The lowest BCUT2D eigenvalue weighted by molar-refractivity contribution is -0.00352. The number of piperidine rings is 1. The van der Waals surface area contributed by atoms with Crippen molar-refractivity contribution >= 4 is 5.69 Å². The third-order valence-electron chi connectivity index (χ3n) is 7.66. The van der Waals surface area contributed by atoms with Crippen LogP contribution in [0.25, 0.3) is 0 Å². The highest BCUT2D eigenvalue weighted by molar-refractivity contribution is 5.61. The number of nitrogens with one attached hydrogen (secondary N) is 1. The molecule has 2 heterocycles. The molecule has 0 spiro atoms. The third kappa shape index (κ3) is 7.38. The van der Waals surface area contributed by atoms with Crippen LogP contribution in [0.2, 0.25) is 0 Å². The van der Waals surface area contributed by atoms with Gasteiger partial charge < -0.3 is 34.3 Å². The lowest BCUT2D eigenvalue weighted by atomic mass is 9.82. The van der Waals surface area contributed by atoms with Crippen molar-refractivity contribution in [2.24, 2.45) is 5.92 Å². The molecule has 2 aromatic rings. The van der Waals surface area contributed by atoms with Crippen molar-refractivity contribution in [2.75, 3.05) is 52.0 Å². The Morgan fingerprint density at radius 1 is 1.14 bits per heavy atom. The van der Waals surface area contributed by atoms with E-state index in [1.807, 2.05) is 12.1 Å². The molecule has 0 bridgehead atoms. The number of methoxy groups -OCH3 is 2. The Labute approximate surface area is 222 Å². The van der Waals surface area contributed by atoms with Crippen LogP contribution in [0.3, 0.4) is 0 Å². The lowest BCUT2D eigenvalue weighted by Gasteiger charge is -2.38. The van der Waals surface area contributed by atoms with E-state index in [-0.39, 0.29) is 30.1 Å². The van der Waals surface area contributed by atoms with E-state index in [0.717, 1.165) is 68.3 Å². The van der Waals surface area contributed by atoms with Crippen LogP contribution in [0.15, 0.2) is 42.5 Å². The summed E-state index contributed by atoms with van der Waals surface area (Å²) < 4.78 is 23.1. The minimum Gasteiger partial charge on any atom is -0.497 e. The Morgan fingerprint density at radius 2 is 1.95 bits per heavy atom. The Kier molecular flexibility index (Phi) is 10.1. The Morgan fingerprint density at radius 3 is 2.68 bits per heavy atom. The van der Waals surface area contributed by atoms with Crippen molar-refractivity contribution < 1.29 is 24.1 Å². The van der Waals surface area contributed by atoms with Crippen LogP contribution in [0.5, 0.6) is 11.5 Å². The van der Waals surface area contributed by atoms with Crippen LogP contribution in [0.1, 0.15) is 50.2 Å². The summed E-state index contributed by atoms with van der Waals surface area (Å²) in [4.78, 5) is 2.38. The second-order valence-electron chi connectivity index (χ2n) is 10.6. The van der Waals surface area contributed by atoms with Crippen LogP contribution in [-0.4, -0.2) is 70.4 Å². The number of fused-ring (bicyclic) bond motifs is 1. The maximum absolute atomic E-state index is 10.5. The van der Waals surface area contributed by atoms with Crippen LogP contribution >= 0.6 is 0 Å². The molecule has 204 valence electrons. The van der Waals surface area contributed by atoms with Gasteiger partial charge in [-0.3, -0.25) is 0 Å². The molecule has 1 saturated heterocycles. The van der Waals surface area contributed by atoms with Crippen LogP contribution in [0, 0.1) is 5.92 Å². The van der Waals surface area contributed by atoms with Gasteiger partial charge in [0.25, 0.3) is 0 Å². The Bertz CT molecular complexity index is 967. The molecule has 0 saturated carbocycles. The molecule has 0 aliphatic carbocycles. The van der Waals surface area contributed by atoms with Crippen LogP contribution in [-0.2, 0) is 16.1 Å². The molecule has 7 heteroatoms. The molecule has 4 atom stereocenters. The van der Waals surface area contributed by atoms with Gasteiger partial charge in [0.05, 0.1) is 38.2 Å². The Hall–Kier alpha value is -2.32. The molecule has 0 aromatic heterocycles. The Balaban J connectivity index is 1.45. The molecule has 1 fully saturated rings. The number of rotatable bonds is 12. The fourth-order valence-electron chi connectivity index (χ4n) is 5.33. The summed E-state index contributed by atoms with van der Waals surface area (Å²) in [6, 6.07) is 15.0. The second kappa shape index (κ2) is 13.5. The molecule has 0 radical (unpaired) electrons. The fourth-order valence-corrected chi connectivity index (χ4v) is 5.33. The summed E-state index contributed by atoms with van der Waals surface area (Å²) in [5.41, 5.74) is 3.53. The van der Waals surface area contributed by atoms with E-state index in [2.05, 4.69) is 54.4 Å². The highest BCUT2D eigenvalue weighted by Crippen LogP contribution is 2.35. The van der Waals surface area contributed by atoms with Gasteiger partial charge in [0.15, 0.2) is 0 Å². The van der Waals surface area contributed by atoms with Gasteiger partial charge >= 0.3 is 0 Å². The van der Waals surface area contributed by atoms with Gasteiger partial charge in [-0.25, -0.2) is 0 Å². The number of hydrogen-bond donors (Lipinski definition) is 2. The average Bonchev–Trinajstić information content (AvgIpc) is 2.92. The van der Waals surface area contributed by atoms with Gasteiger partial charge in [0, 0.05) is 38.8 Å². The van der Waals surface area contributed by atoms with E-state index in [1.165, 1.54) is 5.56 Å². The quantitative estimate of drug-likeness (QED) is 0.409. The summed E-state index contributed by atoms with van der Waals surface area (Å²) >= 11 is 0. The van der Waals surface area contributed by atoms with E-state index in [0.29, 0.717) is 13.2 Å². The first kappa shape index (κ1) is 27.7. The number of ether oxygens (including phenoxy) is 4. The van der Waals surface area contributed by atoms with Crippen molar-refractivity contribution in [3.8, 4) is 11.5 Å². The normalized spacial score (nSPS) is 22.4. The number of hydrogen-bond acceptors (Lipinski definition) is 7. The smallest absolute Gasteiger partial charge is 0.142 e. The average molecular weight is 513 g/mol. The minimum atomic E-state index is -0.309. The maximum Gasteiger partial charge on any atom is 0.142 e. The van der Waals surface area contributed by atoms with Gasteiger partial charge in [-0.1, -0.05) is 32.0 Å². The molecule has 2 N–H and O–H groups in total. The van der Waals surface area contributed by atoms with Gasteiger partial charge in [-0.05, 0) is 60.6 Å². The molecule has 0 amide bonds. The minimum absolute atomic E-state index is 0.0333. The largest absolute Gasteiger partial charge is 0.497 e. The summed E-state index contributed by atoms with van der Waals surface area (Å²) in [6.45, 7) is 8.74. The first-order valence-corrected chi connectivity index (χ1v) is 13.6. The molecule has 37 heavy (non-hydrogen) atoms. The molecule has 4 rings (SSSR count). The van der Waals surface area contributed by atoms with Crippen molar-refractivity contribution in [1.29, 1.82) is 0 Å². The topological polar surface area (TPSA) is 72.4 Å². The number of anilines is 1. The fraction of sp³-hybridized carbons (Fsp3) is 0.600. The number of nitrogens with zero attached hydrogens (tertiary/aromatic N) is 1. The van der Waals surface area contributed by atoms with Gasteiger partial charge in [-0.15, -0.1) is 0 Å². The van der Waals surface area contributed by atoms with Gasteiger partial charge in [0.2, 0.25) is 0 Å². The number of aliphatic hydroxyl groups excluding tert-OH is 1. The molecule has 2 aliphatic heterocycles. The van der Waals surface area contributed by atoms with Crippen LogP contribution in [0.4, 0.5) is 5.69 Å². The van der Waals surface area contributed by atoms with Crippen molar-refractivity contribution in [1.82, 2.24) is 5.32 Å². The number of benzene rings is 2. The zero-order valence-corrected chi connectivity index (χ0v) is 22.8. The zero-order valence-electron chi connectivity index (χ0n) is 22.8. The summed E-state index contributed by atoms with van der Waals surface area (Å²) in [6.07, 6.45) is 2.38. The maximum atomic E-state index is 10.5.